The Morgan fingerprint density at radius 1 is 1.05 bits per heavy atom. The molecule has 0 spiro atoms. The van der Waals surface area contributed by atoms with E-state index in [1.54, 1.807) is 0 Å². The molecule has 0 aliphatic carbocycles. The summed E-state index contributed by atoms with van der Waals surface area (Å²) in [5.41, 5.74) is 1.38. The van der Waals surface area contributed by atoms with Crippen LogP contribution in [0.5, 0.6) is 0 Å². The van der Waals surface area contributed by atoms with Gasteiger partial charge in [0.15, 0.2) is 0 Å². The number of nitrogens with one attached hydrogen (secondary N) is 1. The number of anilines is 1. The maximum Gasteiger partial charge on any atom is 0.0389 e. The minimum atomic E-state index is 0.618. The molecule has 2 fully saturated rings. The van der Waals surface area contributed by atoms with Gasteiger partial charge in [-0.2, -0.15) is 0 Å². The highest BCUT2D eigenvalue weighted by molar-refractivity contribution is 5.47. The second-order valence-corrected chi connectivity index (χ2v) is 6.33. The van der Waals surface area contributed by atoms with Crippen molar-refractivity contribution in [2.24, 2.45) is 5.92 Å². The van der Waals surface area contributed by atoms with E-state index in [1.165, 1.54) is 51.3 Å². The Labute approximate surface area is 136 Å². The monoisotopic (exact) mass is 303 g/mol. The number of nitrogens with zero attached hydrogens (tertiary/aromatic N) is 2. The summed E-state index contributed by atoms with van der Waals surface area (Å²) in [5, 5.41) is 3.46. The van der Waals surface area contributed by atoms with Gasteiger partial charge >= 0.3 is 0 Å². The maximum absolute atomic E-state index is 3.46. The summed E-state index contributed by atoms with van der Waals surface area (Å²) in [4.78, 5) is 5.24. The molecule has 1 unspecified atom stereocenters. The normalized spacial score (nSPS) is 23.8. The summed E-state index contributed by atoms with van der Waals surface area (Å²) in [5.74, 6) is 0.909. The number of rotatable bonds is 3. The van der Waals surface area contributed by atoms with Crippen molar-refractivity contribution in [3.63, 3.8) is 0 Å². The predicted molar refractivity (Wildman–Crippen MR) is 96.6 cm³/mol. The van der Waals surface area contributed by atoms with Crippen LogP contribution in [0.3, 0.4) is 0 Å². The average Bonchev–Trinajstić information content (AvgIpc) is 2.58. The Kier molecular flexibility index (Phi) is 7.20. The van der Waals surface area contributed by atoms with Crippen LogP contribution in [0.4, 0.5) is 5.69 Å². The molecule has 1 aromatic rings. The van der Waals surface area contributed by atoms with Crippen LogP contribution in [0.2, 0.25) is 0 Å². The van der Waals surface area contributed by atoms with Gasteiger partial charge in [0.2, 0.25) is 0 Å². The molecular weight excluding hydrogens is 270 g/mol. The summed E-state index contributed by atoms with van der Waals surface area (Å²) in [6.07, 6.45) is 2.71. The van der Waals surface area contributed by atoms with Crippen LogP contribution < -0.4 is 10.2 Å². The number of hydrogen-bond acceptors (Lipinski definition) is 3. The highest BCUT2D eigenvalue weighted by Crippen LogP contribution is 2.22. The molecule has 22 heavy (non-hydrogen) atoms. The van der Waals surface area contributed by atoms with Gasteiger partial charge in [-0.15, -0.1) is 0 Å². The molecule has 3 heteroatoms. The molecule has 3 rings (SSSR count). The van der Waals surface area contributed by atoms with Crippen molar-refractivity contribution in [2.75, 3.05) is 44.2 Å². The van der Waals surface area contributed by atoms with Crippen molar-refractivity contribution in [3.05, 3.63) is 30.3 Å². The van der Waals surface area contributed by atoms with Gasteiger partial charge < -0.3 is 10.2 Å². The second-order valence-electron chi connectivity index (χ2n) is 6.33. The van der Waals surface area contributed by atoms with Gasteiger partial charge in [-0.1, -0.05) is 32.0 Å². The van der Waals surface area contributed by atoms with Crippen LogP contribution in [0, 0.1) is 5.92 Å². The smallest absolute Gasteiger partial charge is 0.0389 e. The van der Waals surface area contributed by atoms with Gasteiger partial charge in [-0.05, 0) is 50.9 Å². The Balaban J connectivity index is 0.000000847. The minimum Gasteiger partial charge on any atom is -0.366 e. The lowest BCUT2D eigenvalue weighted by atomic mass is 9.97. The quantitative estimate of drug-likeness (QED) is 0.925. The van der Waals surface area contributed by atoms with Crippen molar-refractivity contribution in [1.82, 2.24) is 10.2 Å². The molecule has 1 N–H and O–H groups in total. The molecule has 0 bridgehead atoms. The fourth-order valence-electron chi connectivity index (χ4n) is 3.63. The molecule has 1 aromatic carbocycles. The van der Waals surface area contributed by atoms with Crippen LogP contribution >= 0.6 is 0 Å². The molecule has 2 saturated heterocycles. The summed E-state index contributed by atoms with van der Waals surface area (Å²) in [7, 11) is 0. The van der Waals surface area contributed by atoms with Crippen LogP contribution in [0.15, 0.2) is 30.3 Å². The third-order valence-corrected chi connectivity index (χ3v) is 4.77. The molecule has 0 radical (unpaired) electrons. The van der Waals surface area contributed by atoms with E-state index >= 15 is 0 Å². The van der Waals surface area contributed by atoms with Gasteiger partial charge in [0.05, 0.1) is 0 Å². The van der Waals surface area contributed by atoms with E-state index in [0.29, 0.717) is 6.04 Å². The van der Waals surface area contributed by atoms with Gasteiger partial charge in [0.1, 0.15) is 0 Å². The van der Waals surface area contributed by atoms with E-state index in [1.807, 2.05) is 13.8 Å². The minimum absolute atomic E-state index is 0.618. The molecular formula is C19H33N3. The topological polar surface area (TPSA) is 18.5 Å². The van der Waals surface area contributed by atoms with Crippen LogP contribution in [0.25, 0.3) is 0 Å². The van der Waals surface area contributed by atoms with Gasteiger partial charge in [-0.3, -0.25) is 4.90 Å². The number of piperazine rings is 1. The Morgan fingerprint density at radius 2 is 1.73 bits per heavy atom. The van der Waals surface area contributed by atoms with E-state index in [-0.39, 0.29) is 0 Å². The molecule has 2 aliphatic heterocycles. The van der Waals surface area contributed by atoms with Crippen molar-refractivity contribution in [1.29, 1.82) is 0 Å². The Morgan fingerprint density at radius 3 is 2.36 bits per heavy atom. The first kappa shape index (κ1) is 17.3. The van der Waals surface area contributed by atoms with E-state index in [2.05, 4.69) is 52.4 Å². The van der Waals surface area contributed by atoms with Gasteiger partial charge in [0, 0.05) is 37.9 Å². The standard InChI is InChI=1S/C17H27N3.C2H6/c1-15-13-19(14-16-7-9-18-10-8-16)11-12-20(15)17-5-3-2-4-6-17;1-2/h2-6,15-16,18H,7-14H2,1H3;1-2H3. The summed E-state index contributed by atoms with van der Waals surface area (Å²) in [6.45, 7) is 13.7. The number of para-hydroxylation sites is 1. The fraction of sp³-hybridized carbons (Fsp3) is 0.684. The molecule has 0 saturated carbocycles. The van der Waals surface area contributed by atoms with E-state index < -0.39 is 0 Å². The summed E-state index contributed by atoms with van der Waals surface area (Å²) >= 11 is 0. The van der Waals surface area contributed by atoms with Crippen LogP contribution in [-0.2, 0) is 0 Å². The molecule has 1 atom stereocenters. The van der Waals surface area contributed by atoms with Crippen molar-refractivity contribution in [2.45, 2.75) is 39.7 Å². The fourth-order valence-corrected chi connectivity index (χ4v) is 3.63. The molecule has 2 aliphatic rings. The molecule has 3 nitrogen and oxygen atoms in total. The lowest BCUT2D eigenvalue weighted by Gasteiger charge is -2.42. The van der Waals surface area contributed by atoms with Crippen molar-refractivity contribution < 1.29 is 0 Å². The van der Waals surface area contributed by atoms with Crippen LogP contribution in [-0.4, -0.2) is 50.2 Å². The average molecular weight is 303 g/mol. The van der Waals surface area contributed by atoms with E-state index in [4.69, 9.17) is 0 Å². The summed E-state index contributed by atoms with van der Waals surface area (Å²) < 4.78 is 0. The zero-order valence-electron chi connectivity index (χ0n) is 14.6. The van der Waals surface area contributed by atoms with E-state index in [9.17, 15) is 0 Å². The first-order valence-corrected chi connectivity index (χ1v) is 9.07. The Bertz CT molecular complexity index is 400. The SMILES string of the molecule is CC.CC1CN(CC2CCNCC2)CCN1c1ccccc1. The lowest BCUT2D eigenvalue weighted by Crippen LogP contribution is -2.53. The second kappa shape index (κ2) is 9.16. The largest absolute Gasteiger partial charge is 0.366 e. The maximum atomic E-state index is 3.46. The number of hydrogen-bond donors (Lipinski definition) is 1. The van der Waals surface area contributed by atoms with Crippen LogP contribution in [0.1, 0.15) is 33.6 Å². The highest BCUT2D eigenvalue weighted by atomic mass is 15.3. The molecule has 0 amide bonds. The van der Waals surface area contributed by atoms with Crippen molar-refractivity contribution in [3.8, 4) is 0 Å². The zero-order chi connectivity index (χ0) is 15.8. The highest BCUT2D eigenvalue weighted by Gasteiger charge is 2.25. The predicted octanol–water partition coefficient (Wildman–Crippen LogP) is 3.22. The first-order valence-electron chi connectivity index (χ1n) is 9.07. The summed E-state index contributed by atoms with van der Waals surface area (Å²) in [6, 6.07) is 11.5. The van der Waals surface area contributed by atoms with Gasteiger partial charge in [-0.25, -0.2) is 0 Å². The first-order chi connectivity index (χ1) is 10.8. The van der Waals surface area contributed by atoms with E-state index in [0.717, 1.165) is 12.5 Å². The third kappa shape index (κ3) is 4.72. The Hall–Kier alpha value is -1.06. The molecule has 124 valence electrons. The molecule has 2 heterocycles. The number of benzene rings is 1. The van der Waals surface area contributed by atoms with Crippen molar-refractivity contribution >= 4 is 5.69 Å². The zero-order valence-corrected chi connectivity index (χ0v) is 14.6. The number of piperidine rings is 1. The molecule has 0 aromatic heterocycles. The lowest BCUT2D eigenvalue weighted by molar-refractivity contribution is 0.178. The van der Waals surface area contributed by atoms with Gasteiger partial charge in [0.25, 0.3) is 0 Å². The third-order valence-electron chi connectivity index (χ3n) is 4.77.